The molecule has 0 unspecified atom stereocenters. The molecule has 0 bridgehead atoms. The Morgan fingerprint density at radius 1 is 1.44 bits per heavy atom. The van der Waals surface area contributed by atoms with Crippen molar-refractivity contribution in [2.75, 3.05) is 7.11 Å². The molecule has 1 saturated carbocycles. The molecule has 1 aliphatic rings. The van der Waals surface area contributed by atoms with Gasteiger partial charge in [0, 0.05) is 15.6 Å². The van der Waals surface area contributed by atoms with Crippen LogP contribution in [0.3, 0.4) is 0 Å². The van der Waals surface area contributed by atoms with E-state index in [-0.39, 0.29) is 5.54 Å². The standard InChI is InChI=1S/C13H18BrNO/c1-8-6-11(14)9(2)12(16-3)10(8)7-13(15)4-5-13/h6H,4-5,7,15H2,1-3H3. The molecule has 2 N–H and O–H groups in total. The maximum Gasteiger partial charge on any atom is 0.126 e. The van der Waals surface area contributed by atoms with E-state index in [0.717, 1.165) is 35.0 Å². The Balaban J connectivity index is 2.45. The van der Waals surface area contributed by atoms with Gasteiger partial charge < -0.3 is 10.5 Å². The highest BCUT2D eigenvalue weighted by atomic mass is 79.9. The Hall–Kier alpha value is -0.540. The maximum absolute atomic E-state index is 6.19. The Morgan fingerprint density at radius 3 is 2.56 bits per heavy atom. The van der Waals surface area contributed by atoms with E-state index < -0.39 is 0 Å². The lowest BCUT2D eigenvalue weighted by atomic mass is 9.96. The molecule has 1 aromatic rings. The van der Waals surface area contributed by atoms with Gasteiger partial charge in [-0.25, -0.2) is 0 Å². The van der Waals surface area contributed by atoms with Crippen LogP contribution in [-0.4, -0.2) is 12.6 Å². The molecule has 0 atom stereocenters. The third-order valence-electron chi connectivity index (χ3n) is 3.42. The number of nitrogens with two attached hydrogens (primary N) is 1. The van der Waals surface area contributed by atoms with Crippen LogP contribution in [-0.2, 0) is 6.42 Å². The van der Waals surface area contributed by atoms with Crippen LogP contribution < -0.4 is 10.5 Å². The summed E-state index contributed by atoms with van der Waals surface area (Å²) in [5, 5.41) is 0. The molecular weight excluding hydrogens is 266 g/mol. The predicted octanol–water partition coefficient (Wildman–Crippen LogP) is 3.11. The molecule has 1 fully saturated rings. The molecule has 0 spiro atoms. The van der Waals surface area contributed by atoms with Gasteiger partial charge in [-0.1, -0.05) is 15.9 Å². The first kappa shape index (κ1) is 11.9. The average Bonchev–Trinajstić information content (AvgIpc) is 2.94. The Kier molecular flexibility index (Phi) is 3.01. The Morgan fingerprint density at radius 2 is 2.06 bits per heavy atom. The molecule has 0 amide bonds. The van der Waals surface area contributed by atoms with Crippen LogP contribution in [0.15, 0.2) is 10.5 Å². The van der Waals surface area contributed by atoms with E-state index >= 15 is 0 Å². The van der Waals surface area contributed by atoms with Gasteiger partial charge in [0.2, 0.25) is 0 Å². The zero-order valence-corrected chi connectivity index (χ0v) is 11.6. The second-order valence-electron chi connectivity index (χ2n) is 4.85. The fourth-order valence-corrected chi connectivity index (χ4v) is 2.61. The fourth-order valence-electron chi connectivity index (χ4n) is 2.08. The number of hydrogen-bond acceptors (Lipinski definition) is 2. The van der Waals surface area contributed by atoms with Gasteiger partial charge >= 0.3 is 0 Å². The van der Waals surface area contributed by atoms with Crippen LogP contribution in [0.4, 0.5) is 0 Å². The first-order chi connectivity index (χ1) is 7.47. The van der Waals surface area contributed by atoms with Crippen LogP contribution in [0.1, 0.15) is 29.5 Å². The second kappa shape index (κ2) is 4.04. The van der Waals surface area contributed by atoms with E-state index in [1.54, 1.807) is 7.11 Å². The summed E-state index contributed by atoms with van der Waals surface area (Å²) in [6, 6.07) is 2.15. The van der Waals surface area contributed by atoms with E-state index in [1.165, 1.54) is 11.1 Å². The van der Waals surface area contributed by atoms with Crippen molar-refractivity contribution in [1.29, 1.82) is 0 Å². The van der Waals surface area contributed by atoms with Crippen molar-refractivity contribution in [3.63, 3.8) is 0 Å². The SMILES string of the molecule is COc1c(C)c(Br)cc(C)c1CC1(N)CC1. The number of benzene rings is 1. The second-order valence-corrected chi connectivity index (χ2v) is 5.71. The number of hydrogen-bond donors (Lipinski definition) is 1. The number of halogens is 1. The number of ether oxygens (including phenoxy) is 1. The monoisotopic (exact) mass is 283 g/mol. The van der Waals surface area contributed by atoms with Gasteiger partial charge in [-0.05, 0) is 50.3 Å². The molecule has 2 nitrogen and oxygen atoms in total. The summed E-state index contributed by atoms with van der Waals surface area (Å²) in [5.41, 5.74) is 9.90. The average molecular weight is 284 g/mol. The minimum Gasteiger partial charge on any atom is -0.496 e. The smallest absolute Gasteiger partial charge is 0.126 e. The zero-order chi connectivity index (χ0) is 11.9. The molecule has 1 aromatic carbocycles. The number of rotatable bonds is 3. The minimum atomic E-state index is 0.0261. The van der Waals surface area contributed by atoms with Gasteiger partial charge in [-0.2, -0.15) is 0 Å². The topological polar surface area (TPSA) is 35.2 Å². The normalized spacial score (nSPS) is 17.3. The van der Waals surface area contributed by atoms with Crippen molar-refractivity contribution < 1.29 is 4.74 Å². The fraction of sp³-hybridized carbons (Fsp3) is 0.538. The lowest BCUT2D eigenvalue weighted by Crippen LogP contribution is -2.25. The van der Waals surface area contributed by atoms with E-state index in [9.17, 15) is 0 Å². The van der Waals surface area contributed by atoms with Crippen LogP contribution in [0.5, 0.6) is 5.75 Å². The van der Waals surface area contributed by atoms with Gasteiger partial charge in [0.1, 0.15) is 5.75 Å². The highest BCUT2D eigenvalue weighted by Gasteiger charge is 2.39. The van der Waals surface area contributed by atoms with E-state index in [2.05, 4.69) is 35.8 Å². The largest absolute Gasteiger partial charge is 0.496 e. The highest BCUT2D eigenvalue weighted by molar-refractivity contribution is 9.10. The van der Waals surface area contributed by atoms with E-state index in [4.69, 9.17) is 10.5 Å². The molecule has 0 heterocycles. The predicted molar refractivity (Wildman–Crippen MR) is 70.0 cm³/mol. The van der Waals surface area contributed by atoms with E-state index in [1.807, 2.05) is 0 Å². The van der Waals surface area contributed by atoms with Crippen LogP contribution in [0.2, 0.25) is 0 Å². The Bertz CT molecular complexity index is 424. The third-order valence-corrected chi connectivity index (χ3v) is 4.24. The van der Waals surface area contributed by atoms with Crippen molar-refractivity contribution in [2.45, 2.75) is 38.6 Å². The first-order valence-electron chi connectivity index (χ1n) is 5.58. The first-order valence-corrected chi connectivity index (χ1v) is 6.37. The summed E-state index contributed by atoms with van der Waals surface area (Å²) in [6.45, 7) is 4.19. The molecular formula is C13H18BrNO. The van der Waals surface area contributed by atoms with E-state index in [0.29, 0.717) is 0 Å². The van der Waals surface area contributed by atoms with Gasteiger partial charge in [-0.3, -0.25) is 0 Å². The molecule has 88 valence electrons. The van der Waals surface area contributed by atoms with Gasteiger partial charge in [0.25, 0.3) is 0 Å². The molecule has 0 aliphatic heterocycles. The van der Waals surface area contributed by atoms with Crippen molar-refractivity contribution in [3.8, 4) is 5.75 Å². The lowest BCUT2D eigenvalue weighted by Gasteiger charge is -2.18. The van der Waals surface area contributed by atoms with Gasteiger partial charge in [-0.15, -0.1) is 0 Å². The highest BCUT2D eigenvalue weighted by Crippen LogP contribution is 2.41. The molecule has 0 saturated heterocycles. The summed E-state index contributed by atoms with van der Waals surface area (Å²) in [7, 11) is 1.73. The van der Waals surface area contributed by atoms with Crippen LogP contribution >= 0.6 is 15.9 Å². The third kappa shape index (κ3) is 2.11. The number of aryl methyl sites for hydroxylation is 1. The summed E-state index contributed by atoms with van der Waals surface area (Å²) in [6.07, 6.45) is 3.19. The van der Waals surface area contributed by atoms with Gasteiger partial charge in [0.15, 0.2) is 0 Å². The van der Waals surface area contributed by atoms with Crippen LogP contribution in [0, 0.1) is 13.8 Å². The summed E-state index contributed by atoms with van der Waals surface area (Å²) in [4.78, 5) is 0. The lowest BCUT2D eigenvalue weighted by molar-refractivity contribution is 0.403. The summed E-state index contributed by atoms with van der Waals surface area (Å²) < 4.78 is 6.63. The van der Waals surface area contributed by atoms with Crippen molar-refractivity contribution >= 4 is 15.9 Å². The Labute approximate surface area is 105 Å². The van der Waals surface area contributed by atoms with Crippen molar-refractivity contribution in [2.24, 2.45) is 5.73 Å². The molecule has 2 rings (SSSR count). The molecule has 16 heavy (non-hydrogen) atoms. The van der Waals surface area contributed by atoms with Crippen molar-refractivity contribution in [3.05, 3.63) is 27.2 Å². The molecule has 0 radical (unpaired) electrons. The maximum atomic E-state index is 6.19. The molecule has 0 aromatic heterocycles. The van der Waals surface area contributed by atoms with Crippen molar-refractivity contribution in [1.82, 2.24) is 0 Å². The quantitative estimate of drug-likeness (QED) is 0.925. The van der Waals surface area contributed by atoms with Crippen LogP contribution in [0.25, 0.3) is 0 Å². The minimum absolute atomic E-state index is 0.0261. The summed E-state index contributed by atoms with van der Waals surface area (Å²) >= 11 is 3.56. The number of methoxy groups -OCH3 is 1. The molecule has 3 heteroatoms. The molecule has 1 aliphatic carbocycles. The summed E-state index contributed by atoms with van der Waals surface area (Å²) in [5.74, 6) is 0.989. The zero-order valence-electron chi connectivity index (χ0n) is 10.1. The van der Waals surface area contributed by atoms with Gasteiger partial charge in [0.05, 0.1) is 7.11 Å².